The zero-order valence-corrected chi connectivity index (χ0v) is 18.2. The fourth-order valence-electron chi connectivity index (χ4n) is 3.87. The molecule has 0 bridgehead atoms. The summed E-state index contributed by atoms with van der Waals surface area (Å²) in [6.07, 6.45) is 1.24. The number of carbonyl (C=O) groups is 1. The quantitative estimate of drug-likeness (QED) is 0.467. The summed E-state index contributed by atoms with van der Waals surface area (Å²) in [6.45, 7) is 1.08. The summed E-state index contributed by atoms with van der Waals surface area (Å²) in [4.78, 5) is 18.0. The highest BCUT2D eigenvalue weighted by Crippen LogP contribution is 2.45. The van der Waals surface area contributed by atoms with Gasteiger partial charge in [0.1, 0.15) is 23.5 Å². The zero-order chi connectivity index (χ0) is 22.9. The van der Waals surface area contributed by atoms with E-state index >= 15 is 0 Å². The summed E-state index contributed by atoms with van der Waals surface area (Å²) in [5, 5.41) is 0. The number of amides is 1. The molecular weight excluding hydrogens is 446 g/mol. The molecule has 1 aliphatic heterocycles. The summed E-state index contributed by atoms with van der Waals surface area (Å²) >= 11 is 1.10. The van der Waals surface area contributed by atoms with Gasteiger partial charge >= 0.3 is 6.18 Å². The lowest BCUT2D eigenvalue weighted by Gasteiger charge is -2.34. The smallest absolute Gasteiger partial charge is 0.417 e. The lowest BCUT2D eigenvalue weighted by atomic mass is 10.0. The Balaban J connectivity index is 1.50. The van der Waals surface area contributed by atoms with Crippen molar-refractivity contribution in [2.24, 2.45) is 0 Å². The van der Waals surface area contributed by atoms with E-state index in [0.717, 1.165) is 55.5 Å². The molecule has 2 heterocycles. The van der Waals surface area contributed by atoms with Crippen molar-refractivity contribution < 1.29 is 27.1 Å². The topological polar surface area (TPSA) is 54.5 Å². The van der Waals surface area contributed by atoms with E-state index in [1.807, 2.05) is 4.90 Å². The molecule has 0 spiro atoms. The number of aromatic nitrogens is 1. The highest BCUT2D eigenvalue weighted by atomic mass is 32.2. The van der Waals surface area contributed by atoms with Gasteiger partial charge in [-0.1, -0.05) is 11.9 Å². The number of benzene rings is 1. The number of carbonyl (C=O) groups excluding carboxylic acids is 1. The number of halogens is 4. The van der Waals surface area contributed by atoms with Crippen molar-refractivity contribution in [1.29, 1.82) is 0 Å². The fourth-order valence-corrected chi connectivity index (χ4v) is 4.17. The lowest BCUT2D eigenvalue weighted by molar-refractivity contribution is -0.137. The van der Waals surface area contributed by atoms with E-state index in [-0.39, 0.29) is 17.6 Å². The first-order valence-electron chi connectivity index (χ1n) is 10.4. The van der Waals surface area contributed by atoms with Gasteiger partial charge in [0.25, 0.3) is 5.91 Å². The third-order valence-electron chi connectivity index (χ3n) is 5.63. The van der Waals surface area contributed by atoms with Crippen molar-refractivity contribution in [3.63, 3.8) is 0 Å². The minimum Gasteiger partial charge on any atom is -0.488 e. The van der Waals surface area contributed by atoms with E-state index in [4.69, 9.17) is 4.74 Å². The SMILES string of the molecule is CSNC(=O)c1cc(C2CC2)c(OC2CCCN(c3ccc(C(F)(F)F)cn3)C2)cc1F. The molecule has 1 atom stereocenters. The number of alkyl halides is 3. The van der Waals surface area contributed by atoms with Gasteiger partial charge < -0.3 is 9.64 Å². The Labute approximate surface area is 187 Å². The van der Waals surface area contributed by atoms with Gasteiger partial charge in [-0.05, 0) is 55.4 Å². The van der Waals surface area contributed by atoms with Crippen LogP contribution >= 0.6 is 11.9 Å². The molecule has 172 valence electrons. The molecule has 2 aliphatic rings. The Bertz CT molecular complexity index is 980. The van der Waals surface area contributed by atoms with Crippen LogP contribution in [-0.2, 0) is 6.18 Å². The minimum absolute atomic E-state index is 0.00664. The number of pyridine rings is 1. The highest BCUT2D eigenvalue weighted by Gasteiger charge is 2.33. The van der Waals surface area contributed by atoms with Gasteiger partial charge in [-0.2, -0.15) is 13.2 Å². The van der Waals surface area contributed by atoms with Gasteiger partial charge in [0.05, 0.1) is 17.7 Å². The van der Waals surface area contributed by atoms with Crippen LogP contribution in [0.4, 0.5) is 23.4 Å². The molecule has 1 saturated heterocycles. The van der Waals surface area contributed by atoms with Crippen LogP contribution in [0.25, 0.3) is 0 Å². The van der Waals surface area contributed by atoms with Crippen LogP contribution in [0.3, 0.4) is 0 Å². The van der Waals surface area contributed by atoms with Crippen molar-refractivity contribution in [1.82, 2.24) is 9.71 Å². The molecule has 0 radical (unpaired) electrons. The van der Waals surface area contributed by atoms with Gasteiger partial charge in [-0.25, -0.2) is 9.37 Å². The number of rotatable bonds is 6. The van der Waals surface area contributed by atoms with Crippen LogP contribution in [0.5, 0.6) is 5.75 Å². The molecule has 32 heavy (non-hydrogen) atoms. The maximum absolute atomic E-state index is 14.7. The molecular formula is C22H23F4N3O2S. The minimum atomic E-state index is -4.43. The largest absolute Gasteiger partial charge is 0.488 e. The average Bonchev–Trinajstić information content (AvgIpc) is 3.59. The van der Waals surface area contributed by atoms with Crippen molar-refractivity contribution in [3.05, 3.63) is 53.0 Å². The number of ether oxygens (including phenoxy) is 1. The van der Waals surface area contributed by atoms with E-state index in [1.54, 1.807) is 12.3 Å². The molecule has 2 fully saturated rings. The highest BCUT2D eigenvalue weighted by molar-refractivity contribution is 7.97. The summed E-state index contributed by atoms with van der Waals surface area (Å²) in [5.74, 6) is -0.0155. The number of hydrogen-bond donors (Lipinski definition) is 1. The number of nitrogens with zero attached hydrogens (tertiary/aromatic N) is 2. The lowest BCUT2D eigenvalue weighted by Crippen LogP contribution is -2.41. The second-order valence-electron chi connectivity index (χ2n) is 8.01. The second-order valence-corrected chi connectivity index (χ2v) is 8.62. The Hall–Kier alpha value is -2.49. The molecule has 1 saturated carbocycles. The third kappa shape index (κ3) is 5.11. The molecule has 10 heteroatoms. The molecule has 1 aromatic carbocycles. The summed E-state index contributed by atoms with van der Waals surface area (Å²) in [6, 6.07) is 5.23. The average molecular weight is 470 g/mol. The number of piperidine rings is 1. The Kier molecular flexibility index (Phi) is 6.50. The van der Waals surface area contributed by atoms with Gasteiger partial charge in [0, 0.05) is 25.1 Å². The Morgan fingerprint density at radius 2 is 2.03 bits per heavy atom. The standard InChI is InChI=1S/C22H23F4N3O2S/c1-32-28-21(30)17-9-16(13-4-5-13)19(10-18(17)23)31-15-3-2-8-29(12-15)20-7-6-14(11-27-20)22(24,25)26/h6-7,9-11,13,15H,2-5,8,12H2,1H3,(H,28,30). The fraction of sp³-hybridized carbons (Fsp3) is 0.455. The van der Waals surface area contributed by atoms with E-state index in [2.05, 4.69) is 9.71 Å². The van der Waals surface area contributed by atoms with Crippen molar-refractivity contribution in [2.45, 2.75) is 43.9 Å². The number of anilines is 1. The molecule has 1 unspecified atom stereocenters. The van der Waals surface area contributed by atoms with Crippen LogP contribution in [0.1, 0.15) is 53.1 Å². The molecule has 4 rings (SSSR count). The first-order chi connectivity index (χ1) is 15.3. The van der Waals surface area contributed by atoms with Crippen LogP contribution in [-0.4, -0.2) is 36.3 Å². The monoisotopic (exact) mass is 469 g/mol. The first-order valence-corrected chi connectivity index (χ1v) is 11.6. The maximum Gasteiger partial charge on any atom is 0.417 e. The Morgan fingerprint density at radius 3 is 2.66 bits per heavy atom. The van der Waals surface area contributed by atoms with Crippen LogP contribution in [0.15, 0.2) is 30.5 Å². The number of nitrogens with one attached hydrogen (secondary N) is 1. The van der Waals surface area contributed by atoms with Gasteiger partial charge in [-0.3, -0.25) is 9.52 Å². The van der Waals surface area contributed by atoms with Crippen molar-refractivity contribution in [3.8, 4) is 5.75 Å². The molecule has 1 aliphatic carbocycles. The molecule has 1 N–H and O–H groups in total. The van der Waals surface area contributed by atoms with Crippen molar-refractivity contribution in [2.75, 3.05) is 24.2 Å². The summed E-state index contributed by atoms with van der Waals surface area (Å²) in [5.41, 5.74) is 0.0245. The van der Waals surface area contributed by atoms with Gasteiger partial charge in [-0.15, -0.1) is 0 Å². The molecule has 1 aromatic heterocycles. The van der Waals surface area contributed by atoms with Crippen LogP contribution in [0, 0.1) is 5.82 Å². The van der Waals surface area contributed by atoms with E-state index in [1.165, 1.54) is 12.1 Å². The number of hydrogen-bond acceptors (Lipinski definition) is 5. The van der Waals surface area contributed by atoms with E-state index in [9.17, 15) is 22.4 Å². The maximum atomic E-state index is 14.7. The third-order valence-corrected chi connectivity index (χ3v) is 6.02. The predicted molar refractivity (Wildman–Crippen MR) is 114 cm³/mol. The Morgan fingerprint density at radius 1 is 1.25 bits per heavy atom. The molecule has 5 nitrogen and oxygen atoms in total. The summed E-state index contributed by atoms with van der Waals surface area (Å²) < 4.78 is 61.8. The first kappa shape index (κ1) is 22.7. The normalized spacial score (nSPS) is 19.0. The van der Waals surface area contributed by atoms with E-state index in [0.29, 0.717) is 24.7 Å². The second kappa shape index (κ2) is 9.17. The van der Waals surface area contributed by atoms with E-state index < -0.39 is 23.5 Å². The van der Waals surface area contributed by atoms with Crippen LogP contribution in [0.2, 0.25) is 0 Å². The van der Waals surface area contributed by atoms with Gasteiger partial charge in [0.2, 0.25) is 0 Å². The van der Waals surface area contributed by atoms with Crippen molar-refractivity contribution >= 4 is 23.7 Å². The van der Waals surface area contributed by atoms with Gasteiger partial charge in [0.15, 0.2) is 0 Å². The molecule has 2 aromatic rings. The summed E-state index contributed by atoms with van der Waals surface area (Å²) in [7, 11) is 0. The predicted octanol–water partition coefficient (Wildman–Crippen LogP) is 5.17. The van der Waals surface area contributed by atoms with Crippen LogP contribution < -0.4 is 14.4 Å². The molecule has 1 amide bonds. The zero-order valence-electron chi connectivity index (χ0n) is 17.4.